The van der Waals surface area contributed by atoms with Crippen LogP contribution in [-0.4, -0.2) is 60.8 Å². The van der Waals surface area contributed by atoms with Crippen molar-refractivity contribution >= 4 is 28.2 Å². The molecule has 1 N–H and O–H groups in total. The Morgan fingerprint density at radius 3 is 2.53 bits per heavy atom. The van der Waals surface area contributed by atoms with E-state index in [4.69, 9.17) is 4.74 Å². The first-order valence-electron chi connectivity index (χ1n) is 11.4. The number of carbonyl (C=O) groups is 1. The quantitative estimate of drug-likeness (QED) is 0.475. The highest BCUT2D eigenvalue weighted by Crippen LogP contribution is 2.25. The molecule has 1 aliphatic rings. The van der Waals surface area contributed by atoms with Crippen molar-refractivity contribution < 1.29 is 9.53 Å². The molecule has 5 rings (SSSR count). The number of benzene rings is 3. The molecule has 2 heterocycles. The average Bonchev–Trinajstić information content (AvgIpc) is 2.88. The van der Waals surface area contributed by atoms with Crippen molar-refractivity contribution in [1.29, 1.82) is 0 Å². The molecule has 1 aromatic heterocycles. The summed E-state index contributed by atoms with van der Waals surface area (Å²) in [5, 5.41) is 13.8. The molecule has 7 heteroatoms. The largest absolute Gasteiger partial charge is 0.483 e. The van der Waals surface area contributed by atoms with Crippen molar-refractivity contribution in [2.24, 2.45) is 0 Å². The first-order valence-corrected chi connectivity index (χ1v) is 11.4. The molecule has 0 spiro atoms. The van der Waals surface area contributed by atoms with E-state index >= 15 is 0 Å². The molecule has 1 fully saturated rings. The molecular weight excluding hydrogens is 426 g/mol. The molecule has 0 aliphatic carbocycles. The van der Waals surface area contributed by atoms with Gasteiger partial charge >= 0.3 is 0 Å². The minimum atomic E-state index is -0.221. The third kappa shape index (κ3) is 5.00. The Hall–Kier alpha value is -3.97. The maximum absolute atomic E-state index is 12.5. The first-order chi connectivity index (χ1) is 16.7. The van der Waals surface area contributed by atoms with Crippen LogP contribution in [0.1, 0.15) is 0 Å². The predicted molar refractivity (Wildman–Crippen MR) is 135 cm³/mol. The van der Waals surface area contributed by atoms with Gasteiger partial charge in [-0.05, 0) is 42.8 Å². The zero-order valence-electron chi connectivity index (χ0n) is 19.1. The van der Waals surface area contributed by atoms with Crippen molar-refractivity contribution in [2.75, 3.05) is 50.1 Å². The summed E-state index contributed by atoms with van der Waals surface area (Å²) in [7, 11) is 2.13. The third-order valence-corrected chi connectivity index (χ3v) is 6.03. The SMILES string of the molecule is CN1CCN(c2ccc(-c3cccc(NC(=O)COc4cccc5ccccc45)c3)nn2)CC1. The van der Waals surface area contributed by atoms with Gasteiger partial charge in [0.05, 0.1) is 5.69 Å². The summed E-state index contributed by atoms with van der Waals surface area (Å²) in [6, 6.07) is 25.4. The number of amides is 1. The molecule has 0 unspecified atom stereocenters. The Morgan fingerprint density at radius 1 is 0.912 bits per heavy atom. The van der Waals surface area contributed by atoms with Gasteiger partial charge in [-0.25, -0.2) is 0 Å². The lowest BCUT2D eigenvalue weighted by Gasteiger charge is -2.32. The van der Waals surface area contributed by atoms with Crippen LogP contribution in [0.3, 0.4) is 0 Å². The number of hydrogen-bond acceptors (Lipinski definition) is 6. The van der Waals surface area contributed by atoms with Gasteiger partial charge in [-0.2, -0.15) is 0 Å². The Balaban J connectivity index is 1.22. The van der Waals surface area contributed by atoms with Crippen LogP contribution in [0.15, 0.2) is 78.9 Å². The van der Waals surface area contributed by atoms with E-state index in [1.165, 1.54) is 0 Å². The zero-order chi connectivity index (χ0) is 23.3. The van der Waals surface area contributed by atoms with E-state index in [2.05, 4.69) is 32.4 Å². The number of anilines is 2. The van der Waals surface area contributed by atoms with Gasteiger partial charge < -0.3 is 19.9 Å². The summed E-state index contributed by atoms with van der Waals surface area (Å²) < 4.78 is 5.80. The molecule has 34 heavy (non-hydrogen) atoms. The summed E-state index contributed by atoms with van der Waals surface area (Å²) in [4.78, 5) is 17.1. The molecule has 7 nitrogen and oxygen atoms in total. The normalized spacial score (nSPS) is 14.2. The Kier molecular flexibility index (Phi) is 6.35. The number of piperazine rings is 1. The summed E-state index contributed by atoms with van der Waals surface area (Å²) in [6.45, 7) is 3.88. The topological polar surface area (TPSA) is 70.6 Å². The summed E-state index contributed by atoms with van der Waals surface area (Å²) >= 11 is 0. The number of hydrogen-bond donors (Lipinski definition) is 1. The van der Waals surface area contributed by atoms with Gasteiger partial charge in [0.15, 0.2) is 12.4 Å². The molecule has 1 aliphatic heterocycles. The standard InChI is InChI=1S/C27H27N5O2/c1-31-14-16-32(17-15-31)26-13-12-24(29-30-26)21-8-4-9-22(18-21)28-27(33)19-34-25-11-5-7-20-6-2-3-10-23(20)25/h2-13,18H,14-17,19H2,1H3,(H,28,33). The second-order valence-electron chi connectivity index (χ2n) is 8.46. The molecule has 0 radical (unpaired) electrons. The maximum atomic E-state index is 12.5. The summed E-state index contributed by atoms with van der Waals surface area (Å²) in [5.41, 5.74) is 2.35. The number of fused-ring (bicyclic) bond motifs is 1. The Morgan fingerprint density at radius 2 is 1.71 bits per heavy atom. The van der Waals surface area contributed by atoms with E-state index in [1.54, 1.807) is 0 Å². The molecule has 0 bridgehead atoms. The third-order valence-electron chi connectivity index (χ3n) is 6.03. The minimum absolute atomic E-state index is 0.0717. The number of ether oxygens (including phenoxy) is 1. The average molecular weight is 454 g/mol. The van der Waals surface area contributed by atoms with Gasteiger partial charge in [0, 0.05) is 42.8 Å². The summed E-state index contributed by atoms with van der Waals surface area (Å²) in [6.07, 6.45) is 0. The number of likely N-dealkylation sites (N-methyl/N-ethyl adjacent to an activating group) is 1. The number of rotatable bonds is 6. The van der Waals surface area contributed by atoms with Crippen molar-refractivity contribution in [2.45, 2.75) is 0 Å². The lowest BCUT2D eigenvalue weighted by molar-refractivity contribution is -0.118. The fraction of sp³-hybridized carbons (Fsp3) is 0.222. The van der Waals surface area contributed by atoms with Crippen LogP contribution in [0.4, 0.5) is 11.5 Å². The number of nitrogens with zero attached hydrogens (tertiary/aromatic N) is 4. The number of carbonyl (C=O) groups excluding carboxylic acids is 1. The fourth-order valence-corrected chi connectivity index (χ4v) is 4.10. The van der Waals surface area contributed by atoms with Gasteiger partial charge in [0.25, 0.3) is 5.91 Å². The van der Waals surface area contributed by atoms with Gasteiger partial charge in [-0.1, -0.05) is 48.5 Å². The highest BCUT2D eigenvalue weighted by molar-refractivity contribution is 5.93. The monoisotopic (exact) mass is 453 g/mol. The molecule has 0 atom stereocenters. The maximum Gasteiger partial charge on any atom is 0.262 e. The predicted octanol–water partition coefficient (Wildman–Crippen LogP) is 4.07. The van der Waals surface area contributed by atoms with Gasteiger partial charge in [-0.15, -0.1) is 10.2 Å². The first kappa shape index (κ1) is 21.9. The number of aromatic nitrogens is 2. The minimum Gasteiger partial charge on any atom is -0.483 e. The van der Waals surface area contributed by atoms with Crippen molar-refractivity contribution in [3.05, 3.63) is 78.9 Å². The van der Waals surface area contributed by atoms with E-state index < -0.39 is 0 Å². The van der Waals surface area contributed by atoms with E-state index in [-0.39, 0.29) is 12.5 Å². The molecule has 1 amide bonds. The highest BCUT2D eigenvalue weighted by atomic mass is 16.5. The van der Waals surface area contributed by atoms with E-state index in [1.807, 2.05) is 78.9 Å². The number of nitrogens with one attached hydrogen (secondary N) is 1. The second-order valence-corrected chi connectivity index (χ2v) is 8.46. The molecule has 172 valence electrons. The van der Waals surface area contributed by atoms with Crippen LogP contribution in [-0.2, 0) is 4.79 Å². The highest BCUT2D eigenvalue weighted by Gasteiger charge is 2.16. The van der Waals surface area contributed by atoms with Crippen LogP contribution in [0.5, 0.6) is 5.75 Å². The molecule has 0 saturated carbocycles. The Labute approximate surface area is 199 Å². The van der Waals surface area contributed by atoms with Crippen molar-refractivity contribution in [3.63, 3.8) is 0 Å². The van der Waals surface area contributed by atoms with Gasteiger partial charge in [0.2, 0.25) is 0 Å². The lowest BCUT2D eigenvalue weighted by atomic mass is 10.1. The lowest BCUT2D eigenvalue weighted by Crippen LogP contribution is -2.44. The molecule has 4 aromatic rings. The van der Waals surface area contributed by atoms with Gasteiger partial charge in [0.1, 0.15) is 5.75 Å². The van der Waals surface area contributed by atoms with Crippen molar-refractivity contribution in [3.8, 4) is 17.0 Å². The summed E-state index contributed by atoms with van der Waals surface area (Å²) in [5.74, 6) is 1.37. The second kappa shape index (κ2) is 9.89. The smallest absolute Gasteiger partial charge is 0.262 e. The van der Waals surface area contributed by atoms with Crippen LogP contribution in [0, 0.1) is 0 Å². The Bertz CT molecular complexity index is 1280. The van der Waals surface area contributed by atoms with Crippen LogP contribution >= 0.6 is 0 Å². The van der Waals surface area contributed by atoms with Crippen LogP contribution in [0.2, 0.25) is 0 Å². The van der Waals surface area contributed by atoms with Gasteiger partial charge in [-0.3, -0.25) is 4.79 Å². The van der Waals surface area contributed by atoms with E-state index in [0.717, 1.165) is 54.0 Å². The molecule has 1 saturated heterocycles. The zero-order valence-corrected chi connectivity index (χ0v) is 19.1. The molecule has 3 aromatic carbocycles. The fourth-order valence-electron chi connectivity index (χ4n) is 4.10. The van der Waals surface area contributed by atoms with Crippen LogP contribution < -0.4 is 15.0 Å². The molecular formula is C27H27N5O2. The van der Waals surface area contributed by atoms with Crippen molar-refractivity contribution in [1.82, 2.24) is 15.1 Å². The van der Waals surface area contributed by atoms with Crippen LogP contribution in [0.25, 0.3) is 22.0 Å². The van der Waals surface area contributed by atoms with E-state index in [9.17, 15) is 4.79 Å². The van der Waals surface area contributed by atoms with E-state index in [0.29, 0.717) is 11.4 Å².